The minimum atomic E-state index is -0.0501. The van der Waals surface area contributed by atoms with Crippen molar-refractivity contribution in [1.82, 2.24) is 9.38 Å². The van der Waals surface area contributed by atoms with Gasteiger partial charge in [-0.1, -0.05) is 42.5 Å². The number of fused-ring (bicyclic) bond motifs is 1. The molecule has 0 spiro atoms. The Kier molecular flexibility index (Phi) is 3.17. The lowest BCUT2D eigenvalue weighted by atomic mass is 10.2. The molecule has 1 aromatic carbocycles. The predicted octanol–water partition coefficient (Wildman–Crippen LogP) is 3.17. The van der Waals surface area contributed by atoms with Crippen molar-refractivity contribution in [3.8, 4) is 0 Å². The van der Waals surface area contributed by atoms with Gasteiger partial charge in [0.1, 0.15) is 5.65 Å². The van der Waals surface area contributed by atoms with Crippen LogP contribution in [0, 0.1) is 6.92 Å². The summed E-state index contributed by atoms with van der Waals surface area (Å²) in [4.78, 5) is 16.7. The molecule has 3 heteroatoms. The summed E-state index contributed by atoms with van der Waals surface area (Å²) in [7, 11) is 0. The van der Waals surface area contributed by atoms with Crippen LogP contribution >= 0.6 is 0 Å². The molecule has 3 rings (SSSR count). The fraction of sp³-hybridized carbons (Fsp3) is 0.0588. The van der Waals surface area contributed by atoms with E-state index in [1.165, 1.54) is 0 Å². The third-order valence-corrected chi connectivity index (χ3v) is 3.13. The number of aryl methyl sites for hydroxylation is 1. The predicted molar refractivity (Wildman–Crippen MR) is 81.6 cm³/mol. The first-order valence-electron chi connectivity index (χ1n) is 6.45. The molecule has 0 radical (unpaired) electrons. The molecule has 0 aliphatic carbocycles. The highest BCUT2D eigenvalue weighted by Gasteiger charge is 2.01. The number of hydrogen-bond acceptors (Lipinski definition) is 2. The molecule has 0 aliphatic rings. The minimum absolute atomic E-state index is 0.0501. The third kappa shape index (κ3) is 2.38. The van der Waals surface area contributed by atoms with E-state index in [4.69, 9.17) is 0 Å². The molecule has 0 N–H and O–H groups in total. The van der Waals surface area contributed by atoms with Crippen LogP contribution in [0.3, 0.4) is 0 Å². The molecule has 3 nitrogen and oxygen atoms in total. The SMILES string of the molecule is Cc1ccc2ncc(/C=C/c3ccccc3)c(=O)n2c1. The van der Waals surface area contributed by atoms with Crippen molar-refractivity contribution in [2.75, 3.05) is 0 Å². The van der Waals surface area contributed by atoms with Crippen LogP contribution < -0.4 is 5.56 Å². The molecule has 0 saturated carbocycles. The molecule has 0 unspecified atom stereocenters. The number of benzene rings is 1. The zero-order valence-corrected chi connectivity index (χ0v) is 11.2. The number of aromatic nitrogens is 2. The molecule has 0 fully saturated rings. The molecular formula is C17H14N2O. The van der Waals surface area contributed by atoms with Crippen LogP contribution in [-0.2, 0) is 0 Å². The summed E-state index contributed by atoms with van der Waals surface area (Å²) in [6.45, 7) is 1.96. The van der Waals surface area contributed by atoms with E-state index < -0.39 is 0 Å². The van der Waals surface area contributed by atoms with E-state index in [0.29, 0.717) is 11.2 Å². The molecule has 0 amide bonds. The first-order valence-corrected chi connectivity index (χ1v) is 6.45. The van der Waals surface area contributed by atoms with E-state index in [0.717, 1.165) is 11.1 Å². The van der Waals surface area contributed by atoms with Crippen molar-refractivity contribution in [3.05, 3.63) is 81.9 Å². The Labute approximate surface area is 116 Å². The average Bonchev–Trinajstić information content (AvgIpc) is 2.48. The van der Waals surface area contributed by atoms with Crippen LogP contribution in [0.15, 0.2) is 59.7 Å². The van der Waals surface area contributed by atoms with Crippen LogP contribution in [0.1, 0.15) is 16.7 Å². The van der Waals surface area contributed by atoms with Gasteiger partial charge in [0, 0.05) is 12.4 Å². The van der Waals surface area contributed by atoms with Gasteiger partial charge in [-0.25, -0.2) is 4.98 Å². The smallest absolute Gasteiger partial charge is 0.265 e. The van der Waals surface area contributed by atoms with Crippen LogP contribution in [0.25, 0.3) is 17.8 Å². The van der Waals surface area contributed by atoms with Crippen LogP contribution in [0.5, 0.6) is 0 Å². The van der Waals surface area contributed by atoms with Crippen LogP contribution in [0.2, 0.25) is 0 Å². The lowest BCUT2D eigenvalue weighted by molar-refractivity contribution is 1.02. The molecule has 0 aliphatic heterocycles. The Morgan fingerprint density at radius 2 is 1.85 bits per heavy atom. The summed E-state index contributed by atoms with van der Waals surface area (Å²) < 4.78 is 1.58. The van der Waals surface area contributed by atoms with Gasteiger partial charge in [0.15, 0.2) is 0 Å². The fourth-order valence-electron chi connectivity index (χ4n) is 2.06. The van der Waals surface area contributed by atoms with Gasteiger partial charge >= 0.3 is 0 Å². The number of hydrogen-bond donors (Lipinski definition) is 0. The van der Waals surface area contributed by atoms with Crippen LogP contribution in [-0.4, -0.2) is 9.38 Å². The topological polar surface area (TPSA) is 34.4 Å². The molecular weight excluding hydrogens is 248 g/mol. The molecule has 2 aromatic heterocycles. The summed E-state index contributed by atoms with van der Waals surface area (Å²) in [6, 6.07) is 13.7. The van der Waals surface area contributed by atoms with Crippen molar-refractivity contribution in [2.45, 2.75) is 6.92 Å². The average molecular weight is 262 g/mol. The fourth-order valence-corrected chi connectivity index (χ4v) is 2.06. The van der Waals surface area contributed by atoms with Crippen molar-refractivity contribution in [3.63, 3.8) is 0 Å². The normalized spacial score (nSPS) is 11.2. The highest BCUT2D eigenvalue weighted by molar-refractivity contribution is 5.69. The first-order chi connectivity index (χ1) is 9.74. The Hall–Kier alpha value is -2.68. The minimum Gasteiger partial charge on any atom is -0.268 e. The standard InChI is InChI=1S/C17H14N2O/c1-13-7-10-16-18-11-15(17(20)19(16)12-13)9-8-14-5-3-2-4-6-14/h2-12H,1H3/b9-8+. The Morgan fingerprint density at radius 1 is 1.05 bits per heavy atom. The van der Waals surface area contributed by atoms with E-state index in [1.54, 1.807) is 16.7 Å². The highest BCUT2D eigenvalue weighted by Crippen LogP contribution is 2.06. The quantitative estimate of drug-likeness (QED) is 0.711. The molecule has 0 bridgehead atoms. The summed E-state index contributed by atoms with van der Waals surface area (Å²) in [5.74, 6) is 0. The summed E-state index contributed by atoms with van der Waals surface area (Å²) >= 11 is 0. The summed E-state index contributed by atoms with van der Waals surface area (Å²) in [5.41, 5.74) is 3.28. The van der Waals surface area contributed by atoms with Gasteiger partial charge in [0.25, 0.3) is 5.56 Å². The Balaban J connectivity index is 2.07. The highest BCUT2D eigenvalue weighted by atomic mass is 16.1. The van der Waals surface area contributed by atoms with Crippen LogP contribution in [0.4, 0.5) is 0 Å². The maximum absolute atomic E-state index is 12.4. The first kappa shape index (κ1) is 12.4. The Bertz CT molecular complexity index is 832. The maximum Gasteiger partial charge on any atom is 0.265 e. The number of rotatable bonds is 2. The van der Waals surface area contributed by atoms with Gasteiger partial charge in [-0.05, 0) is 30.2 Å². The molecule has 20 heavy (non-hydrogen) atoms. The second kappa shape index (κ2) is 5.13. The van der Waals surface area contributed by atoms with Gasteiger partial charge in [-0.3, -0.25) is 9.20 Å². The van der Waals surface area contributed by atoms with E-state index in [9.17, 15) is 4.79 Å². The third-order valence-electron chi connectivity index (χ3n) is 3.13. The molecule has 0 saturated heterocycles. The zero-order chi connectivity index (χ0) is 13.9. The van der Waals surface area contributed by atoms with Gasteiger partial charge in [0.2, 0.25) is 0 Å². The Morgan fingerprint density at radius 3 is 2.65 bits per heavy atom. The largest absolute Gasteiger partial charge is 0.268 e. The van der Waals surface area contributed by atoms with Gasteiger partial charge in [-0.2, -0.15) is 0 Å². The number of pyridine rings is 1. The van der Waals surface area contributed by atoms with Gasteiger partial charge < -0.3 is 0 Å². The zero-order valence-electron chi connectivity index (χ0n) is 11.2. The molecule has 2 heterocycles. The monoisotopic (exact) mass is 262 g/mol. The van der Waals surface area contributed by atoms with Gasteiger partial charge in [-0.15, -0.1) is 0 Å². The van der Waals surface area contributed by atoms with E-state index >= 15 is 0 Å². The van der Waals surface area contributed by atoms with Crippen molar-refractivity contribution in [1.29, 1.82) is 0 Å². The summed E-state index contributed by atoms with van der Waals surface area (Å²) in [5, 5.41) is 0. The van der Waals surface area contributed by atoms with Crippen molar-refractivity contribution >= 4 is 17.8 Å². The second-order valence-electron chi connectivity index (χ2n) is 4.70. The maximum atomic E-state index is 12.4. The van der Waals surface area contributed by atoms with E-state index in [-0.39, 0.29) is 5.56 Å². The number of nitrogens with zero attached hydrogens (tertiary/aromatic N) is 2. The van der Waals surface area contributed by atoms with E-state index in [2.05, 4.69) is 4.98 Å². The van der Waals surface area contributed by atoms with Crippen molar-refractivity contribution < 1.29 is 0 Å². The van der Waals surface area contributed by atoms with E-state index in [1.807, 2.05) is 61.7 Å². The lowest BCUT2D eigenvalue weighted by Gasteiger charge is -2.02. The summed E-state index contributed by atoms with van der Waals surface area (Å²) in [6.07, 6.45) is 7.15. The van der Waals surface area contributed by atoms with Crippen molar-refractivity contribution in [2.24, 2.45) is 0 Å². The molecule has 0 atom stereocenters. The molecule has 3 aromatic rings. The molecule has 98 valence electrons. The van der Waals surface area contributed by atoms with Gasteiger partial charge in [0.05, 0.1) is 5.56 Å². The lowest BCUT2D eigenvalue weighted by Crippen LogP contribution is -2.17. The second-order valence-corrected chi connectivity index (χ2v) is 4.70.